The summed E-state index contributed by atoms with van der Waals surface area (Å²) >= 11 is 0. The van der Waals surface area contributed by atoms with Crippen molar-refractivity contribution in [1.29, 1.82) is 0 Å². The molecule has 0 bridgehead atoms. The molecule has 0 spiro atoms. The Hall–Kier alpha value is -2.56. The highest BCUT2D eigenvalue weighted by atomic mass is 19.1. The Labute approximate surface area is 140 Å². The highest BCUT2D eigenvalue weighted by Crippen LogP contribution is 2.43. The van der Waals surface area contributed by atoms with Crippen LogP contribution in [0.25, 0.3) is 0 Å². The summed E-state index contributed by atoms with van der Waals surface area (Å²) in [6.07, 6.45) is 0.274. The molecule has 1 heterocycles. The van der Waals surface area contributed by atoms with Crippen LogP contribution in [-0.2, 0) is 4.79 Å². The SMILES string of the molecule is CCOc1cc2c(cc1OCC)[C@H](c1cccc(F)c1)CC(=O)N2. The van der Waals surface area contributed by atoms with Crippen LogP contribution in [0.3, 0.4) is 0 Å². The van der Waals surface area contributed by atoms with Gasteiger partial charge in [0.25, 0.3) is 0 Å². The van der Waals surface area contributed by atoms with Gasteiger partial charge >= 0.3 is 0 Å². The third-order valence-electron chi connectivity index (χ3n) is 4.01. The second kappa shape index (κ2) is 6.91. The van der Waals surface area contributed by atoms with Crippen molar-refractivity contribution >= 4 is 11.6 Å². The minimum Gasteiger partial charge on any atom is -0.490 e. The van der Waals surface area contributed by atoms with E-state index in [0.29, 0.717) is 30.4 Å². The largest absolute Gasteiger partial charge is 0.490 e. The summed E-state index contributed by atoms with van der Waals surface area (Å²) in [7, 11) is 0. The molecule has 2 aromatic rings. The molecule has 2 aromatic carbocycles. The van der Waals surface area contributed by atoms with Crippen molar-refractivity contribution < 1.29 is 18.7 Å². The van der Waals surface area contributed by atoms with Gasteiger partial charge in [-0.2, -0.15) is 0 Å². The Balaban J connectivity index is 2.10. The Morgan fingerprint density at radius 1 is 1.12 bits per heavy atom. The van der Waals surface area contributed by atoms with Crippen LogP contribution in [0, 0.1) is 5.82 Å². The van der Waals surface area contributed by atoms with Gasteiger partial charge < -0.3 is 14.8 Å². The van der Waals surface area contributed by atoms with E-state index in [1.165, 1.54) is 12.1 Å². The lowest BCUT2D eigenvalue weighted by Gasteiger charge is -2.27. The average Bonchev–Trinajstić information content (AvgIpc) is 2.55. The standard InChI is InChI=1S/C19H20FNO3/c1-3-23-17-9-15-14(12-6-5-7-13(20)8-12)10-19(22)21-16(15)11-18(17)24-4-2/h5-9,11,14H,3-4,10H2,1-2H3,(H,21,22)/t14-/m0/s1. The lowest BCUT2D eigenvalue weighted by Crippen LogP contribution is -2.23. The lowest BCUT2D eigenvalue weighted by atomic mass is 9.84. The first-order chi connectivity index (χ1) is 11.6. The van der Waals surface area contributed by atoms with Gasteiger partial charge in [-0.15, -0.1) is 0 Å². The molecule has 0 aliphatic carbocycles. The summed E-state index contributed by atoms with van der Waals surface area (Å²) in [5, 5.41) is 2.87. The van der Waals surface area contributed by atoms with Gasteiger partial charge in [-0.25, -0.2) is 4.39 Å². The van der Waals surface area contributed by atoms with Gasteiger partial charge in [-0.05, 0) is 43.2 Å². The molecule has 126 valence electrons. The maximum Gasteiger partial charge on any atom is 0.225 e. The molecule has 4 nitrogen and oxygen atoms in total. The van der Waals surface area contributed by atoms with Crippen molar-refractivity contribution in [1.82, 2.24) is 0 Å². The topological polar surface area (TPSA) is 47.6 Å². The van der Waals surface area contributed by atoms with Crippen molar-refractivity contribution in [2.24, 2.45) is 0 Å². The second-order valence-corrected chi connectivity index (χ2v) is 5.61. The normalized spacial score (nSPS) is 16.3. The van der Waals surface area contributed by atoms with Crippen molar-refractivity contribution in [3.8, 4) is 11.5 Å². The number of anilines is 1. The van der Waals surface area contributed by atoms with Crippen molar-refractivity contribution in [3.05, 3.63) is 53.3 Å². The van der Waals surface area contributed by atoms with Crippen molar-refractivity contribution in [2.75, 3.05) is 18.5 Å². The number of halogens is 1. The zero-order valence-corrected chi connectivity index (χ0v) is 13.8. The molecule has 0 fully saturated rings. The molecular weight excluding hydrogens is 309 g/mol. The number of carbonyl (C=O) groups excluding carboxylic acids is 1. The van der Waals surface area contributed by atoms with E-state index in [9.17, 15) is 9.18 Å². The van der Waals surface area contributed by atoms with E-state index >= 15 is 0 Å². The Morgan fingerprint density at radius 2 is 1.83 bits per heavy atom. The molecule has 1 aliphatic heterocycles. The highest BCUT2D eigenvalue weighted by Gasteiger charge is 2.28. The molecule has 1 amide bonds. The number of ether oxygens (including phenoxy) is 2. The summed E-state index contributed by atoms with van der Waals surface area (Å²) in [4.78, 5) is 12.1. The maximum atomic E-state index is 13.6. The number of nitrogens with one attached hydrogen (secondary N) is 1. The van der Waals surface area contributed by atoms with Crippen molar-refractivity contribution in [3.63, 3.8) is 0 Å². The Kier molecular flexibility index (Phi) is 4.69. The molecule has 0 saturated heterocycles. The highest BCUT2D eigenvalue weighted by molar-refractivity contribution is 5.96. The number of hydrogen-bond donors (Lipinski definition) is 1. The Bertz CT molecular complexity index is 760. The zero-order valence-electron chi connectivity index (χ0n) is 13.8. The van der Waals surface area contributed by atoms with E-state index < -0.39 is 0 Å². The van der Waals surface area contributed by atoms with Crippen LogP contribution in [0.15, 0.2) is 36.4 Å². The molecule has 1 N–H and O–H groups in total. The summed E-state index contributed by atoms with van der Waals surface area (Å²) < 4.78 is 24.9. The summed E-state index contributed by atoms with van der Waals surface area (Å²) in [6, 6.07) is 10.1. The minimum atomic E-state index is -0.309. The summed E-state index contributed by atoms with van der Waals surface area (Å²) in [6.45, 7) is 4.81. The third kappa shape index (κ3) is 3.20. The van der Waals surface area contributed by atoms with Crippen LogP contribution >= 0.6 is 0 Å². The molecule has 0 radical (unpaired) electrons. The fourth-order valence-electron chi connectivity index (χ4n) is 3.03. The minimum absolute atomic E-state index is 0.0941. The van der Waals surface area contributed by atoms with E-state index in [4.69, 9.17) is 9.47 Å². The van der Waals surface area contributed by atoms with Crippen LogP contribution in [0.1, 0.15) is 37.3 Å². The van der Waals surface area contributed by atoms with E-state index in [0.717, 1.165) is 11.1 Å². The number of hydrogen-bond acceptors (Lipinski definition) is 3. The fraction of sp³-hybridized carbons (Fsp3) is 0.316. The van der Waals surface area contributed by atoms with Crippen molar-refractivity contribution in [2.45, 2.75) is 26.2 Å². The van der Waals surface area contributed by atoms with E-state index in [1.807, 2.05) is 26.0 Å². The molecule has 0 saturated carbocycles. The predicted molar refractivity (Wildman–Crippen MR) is 90.3 cm³/mol. The first kappa shape index (κ1) is 16.3. The lowest BCUT2D eigenvalue weighted by molar-refractivity contribution is -0.116. The number of fused-ring (bicyclic) bond motifs is 1. The predicted octanol–water partition coefficient (Wildman–Crippen LogP) is 4.10. The first-order valence-electron chi connectivity index (χ1n) is 8.11. The molecule has 1 aliphatic rings. The van der Waals surface area contributed by atoms with Gasteiger partial charge in [0.1, 0.15) is 5.82 Å². The smallest absolute Gasteiger partial charge is 0.225 e. The van der Waals surface area contributed by atoms with Crippen LogP contribution in [0.2, 0.25) is 0 Å². The number of rotatable bonds is 5. The quantitative estimate of drug-likeness (QED) is 0.898. The molecule has 3 rings (SSSR count). The molecular formula is C19H20FNO3. The van der Waals surface area contributed by atoms with Crippen LogP contribution in [0.4, 0.5) is 10.1 Å². The van der Waals surface area contributed by atoms with Gasteiger partial charge in [0.05, 0.1) is 13.2 Å². The van der Waals surface area contributed by atoms with Gasteiger partial charge in [0.15, 0.2) is 11.5 Å². The van der Waals surface area contributed by atoms with E-state index in [1.54, 1.807) is 12.1 Å². The molecule has 0 unspecified atom stereocenters. The van der Waals surface area contributed by atoms with Gasteiger partial charge in [-0.1, -0.05) is 12.1 Å². The summed E-state index contributed by atoms with van der Waals surface area (Å²) in [5.41, 5.74) is 2.37. The second-order valence-electron chi connectivity index (χ2n) is 5.61. The van der Waals surface area contributed by atoms with Gasteiger partial charge in [-0.3, -0.25) is 4.79 Å². The van der Waals surface area contributed by atoms with Crippen LogP contribution < -0.4 is 14.8 Å². The van der Waals surface area contributed by atoms with E-state index in [-0.39, 0.29) is 24.1 Å². The first-order valence-corrected chi connectivity index (χ1v) is 8.11. The van der Waals surface area contributed by atoms with Crippen LogP contribution in [-0.4, -0.2) is 19.1 Å². The maximum absolute atomic E-state index is 13.6. The fourth-order valence-corrected chi connectivity index (χ4v) is 3.03. The number of amides is 1. The molecule has 1 atom stereocenters. The molecule has 5 heteroatoms. The third-order valence-corrected chi connectivity index (χ3v) is 4.01. The average molecular weight is 329 g/mol. The number of carbonyl (C=O) groups is 1. The number of benzene rings is 2. The molecule has 24 heavy (non-hydrogen) atoms. The monoisotopic (exact) mass is 329 g/mol. The summed E-state index contributed by atoms with van der Waals surface area (Å²) in [5.74, 6) is 0.618. The Morgan fingerprint density at radius 3 is 2.50 bits per heavy atom. The van der Waals surface area contributed by atoms with E-state index in [2.05, 4.69) is 5.32 Å². The van der Waals surface area contributed by atoms with Gasteiger partial charge in [0.2, 0.25) is 5.91 Å². The van der Waals surface area contributed by atoms with Gasteiger partial charge in [0, 0.05) is 24.1 Å². The van der Waals surface area contributed by atoms with Crippen LogP contribution in [0.5, 0.6) is 11.5 Å². The zero-order chi connectivity index (χ0) is 17.1. The molecule has 0 aromatic heterocycles.